The molecule has 1 aliphatic rings. The van der Waals surface area contributed by atoms with Crippen molar-refractivity contribution in [1.29, 1.82) is 0 Å². The Balaban J connectivity index is 2.51. The zero-order chi connectivity index (χ0) is 10.3. The van der Waals surface area contributed by atoms with Gasteiger partial charge in [0.25, 0.3) is 11.7 Å². The van der Waals surface area contributed by atoms with Crippen molar-refractivity contribution in [2.75, 3.05) is 5.32 Å². The number of hydrogen-bond acceptors (Lipinski definition) is 2. The van der Waals surface area contributed by atoms with Gasteiger partial charge in [-0.3, -0.25) is 10.1 Å². The number of carbonyl (C=O) groups excluding carboxylic acids is 1. The number of primary amides is 1. The molecule has 74 valence electrons. The third kappa shape index (κ3) is 1.32. The van der Waals surface area contributed by atoms with Crippen molar-refractivity contribution >= 4 is 11.7 Å². The van der Waals surface area contributed by atoms with Gasteiger partial charge in [0, 0.05) is 12.0 Å². The van der Waals surface area contributed by atoms with Gasteiger partial charge in [-0.05, 0) is 13.0 Å². The summed E-state index contributed by atoms with van der Waals surface area (Å²) < 4.78 is 1.92. The van der Waals surface area contributed by atoms with E-state index in [9.17, 15) is 4.79 Å². The number of nitrogens with one attached hydrogen (secondary N) is 1. The minimum absolute atomic E-state index is 0.372. The molecule has 0 radical (unpaired) electrons. The van der Waals surface area contributed by atoms with E-state index < -0.39 is 0 Å². The number of amides is 1. The number of rotatable bonds is 1. The number of hydrogen-bond donors (Lipinski definition) is 2. The van der Waals surface area contributed by atoms with Crippen LogP contribution in [0.3, 0.4) is 0 Å². The van der Waals surface area contributed by atoms with Gasteiger partial charge in [0.15, 0.2) is 0 Å². The molecule has 0 saturated heterocycles. The summed E-state index contributed by atoms with van der Waals surface area (Å²) in [6, 6.07) is 2.30. The lowest BCUT2D eigenvalue weighted by atomic mass is 10.1. The maximum atomic E-state index is 11.0. The number of aromatic nitrogens is 1. The maximum Gasteiger partial charge on any atom is 0.277 e. The first-order valence-corrected chi connectivity index (χ1v) is 4.67. The normalized spacial score (nSPS) is 18.9. The summed E-state index contributed by atoms with van der Waals surface area (Å²) in [6.07, 6.45) is 2.70. The zero-order valence-electron chi connectivity index (χ0n) is 8.37. The monoisotopic (exact) mass is 192 g/mol. The fourth-order valence-corrected chi connectivity index (χ4v) is 1.89. The van der Waals surface area contributed by atoms with Gasteiger partial charge >= 0.3 is 0 Å². The molecule has 0 saturated carbocycles. The number of anilines is 1. The predicted molar refractivity (Wildman–Crippen MR) is 52.9 cm³/mol. The number of nitrogens with zero attached hydrogens (tertiary/aromatic N) is 1. The minimum Gasteiger partial charge on any atom is -0.365 e. The van der Waals surface area contributed by atoms with Crippen LogP contribution in [0, 0.1) is 0 Å². The summed E-state index contributed by atoms with van der Waals surface area (Å²) in [4.78, 5) is 11.0. The molecule has 0 aromatic carbocycles. The lowest BCUT2D eigenvalue weighted by molar-refractivity contribution is -0.657. The second-order valence-electron chi connectivity index (χ2n) is 3.83. The molecule has 1 atom stereocenters. The Morgan fingerprint density at radius 3 is 3.07 bits per heavy atom. The van der Waals surface area contributed by atoms with Gasteiger partial charge in [-0.1, -0.05) is 0 Å². The molecule has 1 aromatic heterocycles. The first-order chi connectivity index (χ1) is 6.58. The van der Waals surface area contributed by atoms with E-state index in [1.807, 2.05) is 17.7 Å². The van der Waals surface area contributed by atoms with E-state index in [0.717, 1.165) is 17.8 Å². The van der Waals surface area contributed by atoms with Crippen LogP contribution in [-0.2, 0) is 13.5 Å². The highest BCUT2D eigenvalue weighted by atomic mass is 16.1. The Labute approximate surface area is 82.7 Å². The summed E-state index contributed by atoms with van der Waals surface area (Å²) in [5.41, 5.74) is 6.97. The smallest absolute Gasteiger partial charge is 0.277 e. The number of nitrogens with two attached hydrogens (primary N) is 1. The van der Waals surface area contributed by atoms with E-state index in [1.54, 1.807) is 6.20 Å². The minimum atomic E-state index is -0.372. The van der Waals surface area contributed by atoms with Gasteiger partial charge in [-0.25, -0.2) is 4.57 Å². The second-order valence-corrected chi connectivity index (χ2v) is 3.83. The van der Waals surface area contributed by atoms with Gasteiger partial charge in [-0.15, -0.1) is 0 Å². The van der Waals surface area contributed by atoms with Crippen molar-refractivity contribution in [3.05, 3.63) is 23.4 Å². The lowest BCUT2D eigenvalue weighted by Gasteiger charge is -2.01. The molecule has 0 bridgehead atoms. The summed E-state index contributed by atoms with van der Waals surface area (Å²) in [6.45, 7) is 2.12. The van der Waals surface area contributed by atoms with Crippen LogP contribution >= 0.6 is 0 Å². The number of fused-ring (bicyclic) bond motifs is 1. The molecule has 4 heteroatoms. The van der Waals surface area contributed by atoms with E-state index in [-0.39, 0.29) is 5.91 Å². The van der Waals surface area contributed by atoms with Crippen LogP contribution in [0.1, 0.15) is 22.8 Å². The first-order valence-electron chi connectivity index (χ1n) is 4.67. The summed E-state index contributed by atoms with van der Waals surface area (Å²) in [5.74, 6) is 0.713. The van der Waals surface area contributed by atoms with E-state index in [0.29, 0.717) is 11.6 Å². The third-order valence-electron chi connectivity index (χ3n) is 2.51. The largest absolute Gasteiger partial charge is 0.365 e. The van der Waals surface area contributed by atoms with E-state index in [2.05, 4.69) is 12.2 Å². The topological polar surface area (TPSA) is 59.0 Å². The molecule has 1 aliphatic heterocycles. The van der Waals surface area contributed by atoms with Crippen LogP contribution < -0.4 is 15.6 Å². The Kier molecular flexibility index (Phi) is 1.91. The Morgan fingerprint density at radius 2 is 2.43 bits per heavy atom. The molecule has 1 aromatic rings. The van der Waals surface area contributed by atoms with Crippen molar-refractivity contribution in [2.24, 2.45) is 12.8 Å². The molecule has 3 N–H and O–H groups in total. The van der Waals surface area contributed by atoms with Crippen LogP contribution in [0.5, 0.6) is 0 Å². The maximum absolute atomic E-state index is 11.0. The molecule has 2 rings (SSSR count). The fourth-order valence-electron chi connectivity index (χ4n) is 1.89. The zero-order valence-corrected chi connectivity index (χ0v) is 8.37. The first kappa shape index (κ1) is 8.99. The highest BCUT2D eigenvalue weighted by Gasteiger charge is 2.27. The molecule has 2 heterocycles. The van der Waals surface area contributed by atoms with Gasteiger partial charge in [0.2, 0.25) is 0 Å². The SMILES string of the molecule is C[C@@H]1Cc2cc(C(N)=O)c[n+](C)c2N1. The number of carbonyl (C=O) groups is 1. The number of aryl methyl sites for hydroxylation is 1. The van der Waals surface area contributed by atoms with Crippen LogP contribution in [0.4, 0.5) is 5.82 Å². The molecule has 0 aliphatic carbocycles. The molecular weight excluding hydrogens is 178 g/mol. The molecule has 4 nitrogen and oxygen atoms in total. The summed E-state index contributed by atoms with van der Waals surface area (Å²) >= 11 is 0. The lowest BCUT2D eigenvalue weighted by Crippen LogP contribution is -2.34. The Hall–Kier alpha value is -1.58. The predicted octanol–water partition coefficient (Wildman–Crippen LogP) is -0.0335. The molecular formula is C10H14N3O+. The molecule has 0 fully saturated rings. The molecule has 0 unspecified atom stereocenters. The van der Waals surface area contributed by atoms with Gasteiger partial charge < -0.3 is 5.73 Å². The van der Waals surface area contributed by atoms with Crippen LogP contribution in [0.15, 0.2) is 12.3 Å². The quantitative estimate of drug-likeness (QED) is 0.614. The summed E-state index contributed by atoms with van der Waals surface area (Å²) in [5, 5.41) is 3.34. The second kappa shape index (κ2) is 2.97. The highest BCUT2D eigenvalue weighted by Crippen LogP contribution is 2.22. The average Bonchev–Trinajstić information content (AvgIpc) is 2.45. The molecule has 0 spiro atoms. The van der Waals surface area contributed by atoms with Crippen molar-refractivity contribution < 1.29 is 9.36 Å². The number of pyridine rings is 1. The van der Waals surface area contributed by atoms with E-state index >= 15 is 0 Å². The van der Waals surface area contributed by atoms with E-state index in [4.69, 9.17) is 5.73 Å². The third-order valence-corrected chi connectivity index (χ3v) is 2.51. The molecule has 1 amide bonds. The van der Waals surface area contributed by atoms with Crippen molar-refractivity contribution in [3.8, 4) is 0 Å². The van der Waals surface area contributed by atoms with Crippen molar-refractivity contribution in [3.63, 3.8) is 0 Å². The Morgan fingerprint density at radius 1 is 1.71 bits per heavy atom. The van der Waals surface area contributed by atoms with Crippen LogP contribution in [-0.4, -0.2) is 11.9 Å². The highest BCUT2D eigenvalue weighted by molar-refractivity contribution is 5.92. The van der Waals surface area contributed by atoms with Gasteiger partial charge in [-0.2, -0.15) is 0 Å². The Bertz CT molecular complexity index is 401. The van der Waals surface area contributed by atoms with Gasteiger partial charge in [0.05, 0.1) is 18.7 Å². The van der Waals surface area contributed by atoms with Crippen molar-refractivity contribution in [2.45, 2.75) is 19.4 Å². The molecule has 14 heavy (non-hydrogen) atoms. The van der Waals surface area contributed by atoms with Crippen LogP contribution in [0.2, 0.25) is 0 Å². The summed E-state index contributed by atoms with van der Waals surface area (Å²) in [7, 11) is 1.91. The van der Waals surface area contributed by atoms with Gasteiger partial charge in [0.1, 0.15) is 6.20 Å². The van der Waals surface area contributed by atoms with Crippen LogP contribution in [0.25, 0.3) is 0 Å². The average molecular weight is 192 g/mol. The van der Waals surface area contributed by atoms with E-state index in [1.165, 1.54) is 0 Å². The standard InChI is InChI=1S/C10H13N3O/c1-6-3-7-4-8(9(11)14)5-13(2)10(7)12-6/h4-6H,3H2,1-2H3,(H2,11,14)/p+1/t6-/m1/s1. The fraction of sp³-hybridized carbons (Fsp3) is 0.400. The van der Waals surface area contributed by atoms with Crippen molar-refractivity contribution in [1.82, 2.24) is 0 Å².